The molecule has 30 heteroatoms. The van der Waals surface area contributed by atoms with Crippen LogP contribution in [0.1, 0.15) is 207 Å². The monoisotopic (exact) mass is 1470 g/mol. The van der Waals surface area contributed by atoms with Gasteiger partial charge in [0.1, 0.15) is 39.4 Å². The first-order valence-electron chi connectivity index (χ1n) is 32.1. The van der Waals surface area contributed by atoms with Gasteiger partial charge in [-0.3, -0.25) is 14.2 Å². The van der Waals surface area contributed by atoms with Crippen molar-refractivity contribution >= 4 is 74.9 Å². The molecule has 0 spiro atoms. The second kappa shape index (κ2) is 46.7. The van der Waals surface area contributed by atoms with Gasteiger partial charge in [-0.05, 0) is 160 Å². The van der Waals surface area contributed by atoms with E-state index < -0.39 is 85.5 Å². The molecule has 25 nitrogen and oxygen atoms in total. The van der Waals surface area contributed by atoms with Gasteiger partial charge in [-0.25, -0.2) is 39.6 Å². The van der Waals surface area contributed by atoms with Crippen LogP contribution in [0.4, 0.5) is 14.4 Å². The lowest BCUT2D eigenvalue weighted by atomic mass is 9.79. The summed E-state index contributed by atoms with van der Waals surface area (Å²) in [5.74, 6) is 3.09. The summed E-state index contributed by atoms with van der Waals surface area (Å²) in [6.07, 6.45) is 0.346. The summed E-state index contributed by atoms with van der Waals surface area (Å²) in [6, 6.07) is 2.35. The number of carbonyl (C=O) groups is 5. The van der Waals surface area contributed by atoms with E-state index in [-0.39, 0.29) is 59.0 Å². The topological polar surface area (TPSA) is 335 Å². The molecule has 570 valence electrons. The summed E-state index contributed by atoms with van der Waals surface area (Å²) in [5.41, 5.74) is -2.28. The molecule has 2 amide bonds. The molecule has 0 N–H and O–H groups in total. The van der Waals surface area contributed by atoms with Gasteiger partial charge in [0.25, 0.3) is 0 Å². The molecule has 4 saturated heterocycles. The Hall–Kier alpha value is -3.57. The third kappa shape index (κ3) is 51.3. The number of nitriles is 1. The van der Waals surface area contributed by atoms with Crippen molar-refractivity contribution in [3.63, 3.8) is 0 Å². The summed E-state index contributed by atoms with van der Waals surface area (Å²) in [4.78, 5) is 56.0. The van der Waals surface area contributed by atoms with Crippen molar-refractivity contribution in [3.05, 3.63) is 0 Å². The molecule has 0 aromatic carbocycles. The lowest BCUT2D eigenvalue weighted by Crippen LogP contribution is -2.48. The van der Waals surface area contributed by atoms with Gasteiger partial charge in [-0.2, -0.15) is 13.7 Å². The van der Waals surface area contributed by atoms with Crippen LogP contribution in [-0.4, -0.2) is 202 Å². The highest BCUT2D eigenvalue weighted by Gasteiger charge is 2.58. The van der Waals surface area contributed by atoms with Crippen LogP contribution >= 0.6 is 14.5 Å². The molecular formula is C65H135N3O22P2S3. The highest BCUT2D eigenvalue weighted by atomic mass is 32.3. The van der Waals surface area contributed by atoms with E-state index in [1.54, 1.807) is 99.7 Å². The van der Waals surface area contributed by atoms with E-state index in [0.29, 0.717) is 47.6 Å². The Morgan fingerprint density at radius 1 is 0.674 bits per heavy atom. The summed E-state index contributed by atoms with van der Waals surface area (Å²) < 4.78 is 130. The summed E-state index contributed by atoms with van der Waals surface area (Å²) in [6.45, 7) is 61.8. The van der Waals surface area contributed by atoms with E-state index in [1.807, 2.05) is 151 Å². The molecule has 95 heavy (non-hydrogen) atoms. The van der Waals surface area contributed by atoms with Gasteiger partial charge in [-0.1, -0.05) is 83.1 Å². The lowest BCUT2D eigenvalue weighted by molar-refractivity contribution is -0.132. The number of ether oxygens (including phenoxy) is 6. The molecule has 4 aliphatic rings. The van der Waals surface area contributed by atoms with Crippen molar-refractivity contribution in [2.45, 2.75) is 265 Å². The molecule has 4 atom stereocenters. The van der Waals surface area contributed by atoms with Crippen LogP contribution in [0.3, 0.4) is 0 Å². The molecule has 4 aliphatic heterocycles. The second-order valence-electron chi connectivity index (χ2n) is 28.8. The minimum Gasteiger partial charge on any atom is -0.438 e. The first-order chi connectivity index (χ1) is 42.0. The van der Waals surface area contributed by atoms with Crippen molar-refractivity contribution in [2.75, 3.05) is 79.3 Å². The van der Waals surface area contributed by atoms with Gasteiger partial charge in [0.15, 0.2) is 22.8 Å². The summed E-state index contributed by atoms with van der Waals surface area (Å²) >= 11 is 0. The molecule has 0 bridgehead atoms. The minimum absolute atomic E-state index is 0.0301. The highest BCUT2D eigenvalue weighted by molar-refractivity contribution is 7.91. The Bertz CT molecular complexity index is 2700. The van der Waals surface area contributed by atoms with Gasteiger partial charge < -0.3 is 47.3 Å². The molecule has 0 saturated carbocycles. The fraction of sp³-hybridized carbons (Fsp3) is 0.908. The minimum atomic E-state index is -3.81. The van der Waals surface area contributed by atoms with Crippen LogP contribution in [0.5, 0.6) is 0 Å². The number of amides is 2. The highest BCUT2D eigenvalue weighted by Crippen LogP contribution is 2.45. The maximum absolute atomic E-state index is 11.1. The van der Waals surface area contributed by atoms with Crippen LogP contribution in [-0.2, 0) is 90.1 Å². The standard InChI is InChI=1S/C9H16O3.C8H16O4S.C7H14O2S.2C6H13NO.C6H10O3.C5H10O3.C5H13O2P.C5H13OP.C4H7N.C4H10O2S/c1-6(2)9(5)8(3,4)11-7(10)12-9;1-6(2)8(5)7(3,4)11-13(9,10)12-8;1-6(2)7-3-4-10(8,9)5-7;1-5(2)6(8)7(3)4;1-5(2)7(4)6(3)8;1-4(2)5-3-8-6(7)9-5;1-4(2)8-5(6)7-3;1-5(2)7-8(3,4)6;1-5(2)7(3,4)6;1-4(2)3-5;1-4(2)7(3,5)6/h6H,1-5H3;6H,1-5H3;6-7H,3-5H2,1-2H3;2*5H,1-4H3;4-5H,3H2,1-2H3;4H,1-3H3;5H,1-4H3;5H,1-4H3;4H,1-2H3;4H,1-3H3. The van der Waals surface area contributed by atoms with E-state index >= 15 is 0 Å². The zero-order chi connectivity index (χ0) is 77.9. The van der Waals surface area contributed by atoms with Crippen LogP contribution in [0, 0.1) is 52.8 Å². The molecule has 4 unspecified atom stereocenters. The van der Waals surface area contributed by atoms with Gasteiger partial charge in [-0.15, -0.1) is 0 Å². The van der Waals surface area contributed by atoms with E-state index in [2.05, 4.69) is 28.1 Å². The van der Waals surface area contributed by atoms with Crippen LogP contribution in [0.2, 0.25) is 0 Å². The third-order valence-electron chi connectivity index (χ3n) is 14.9. The number of hydrogen-bond acceptors (Lipinski definition) is 23. The van der Waals surface area contributed by atoms with Gasteiger partial charge in [0.2, 0.25) is 11.8 Å². The van der Waals surface area contributed by atoms with E-state index in [0.717, 1.165) is 6.42 Å². The lowest BCUT2D eigenvalue weighted by Gasteiger charge is -2.35. The molecule has 4 heterocycles. The fourth-order valence-electron chi connectivity index (χ4n) is 6.55. The molecule has 4 fully saturated rings. The number of methoxy groups -OCH3 is 1. The quantitative estimate of drug-likeness (QED) is 0.105. The zero-order valence-electron chi connectivity index (χ0n) is 65.8. The number of rotatable bonds is 11. The maximum atomic E-state index is 11.1. The molecule has 0 aliphatic carbocycles. The van der Waals surface area contributed by atoms with Crippen molar-refractivity contribution in [3.8, 4) is 6.07 Å². The van der Waals surface area contributed by atoms with Crippen LogP contribution in [0.25, 0.3) is 0 Å². The Kier molecular flexibility index (Phi) is 51.6. The smallest absolute Gasteiger partial charge is 0.438 e. The molecule has 0 aromatic heterocycles. The van der Waals surface area contributed by atoms with E-state index in [1.165, 1.54) is 13.4 Å². The Labute approximate surface area is 578 Å². The number of carbonyl (C=O) groups excluding carboxylic acids is 5. The zero-order valence-corrected chi connectivity index (χ0v) is 70.0. The normalized spacial score (nSPS) is 20.7. The van der Waals surface area contributed by atoms with E-state index in [9.17, 15) is 58.4 Å². The average molecular weight is 1470 g/mol. The first-order valence-corrected chi connectivity index (χ1v) is 42.4. The largest absolute Gasteiger partial charge is 0.509 e. The Morgan fingerprint density at radius 2 is 1.08 bits per heavy atom. The van der Waals surface area contributed by atoms with Crippen LogP contribution in [0.15, 0.2) is 0 Å². The number of hydrogen-bond donors (Lipinski definition) is 0. The SMILES string of the molecule is CC(=O)N(C)C(C)C.CC(C)C#N.CC(C)C(=O)N(C)C.CC(C)C1(C)OC(=O)OC1(C)C.CC(C)C1(C)OS(=O)(=O)OC1(C)C.CC(C)C1CCS(=O)(=O)C1.CC(C)C1COC(=O)O1.CC(C)OP(C)(C)=O.CC(C)P(C)(C)=O.CC(C)S(C)(=O)=O.COC(=O)OC(C)C. The average Bonchev–Trinajstić information content (AvgIpc) is 1.61. The van der Waals surface area contributed by atoms with Crippen LogP contribution < -0.4 is 0 Å². The second-order valence-corrected chi connectivity index (χ2v) is 41.4. The van der Waals surface area contributed by atoms with Crippen molar-refractivity contribution < 1.29 is 99.7 Å². The molecular weight excluding hydrogens is 1330 g/mol. The third-order valence-corrected chi connectivity index (χ3v) is 23.0. The van der Waals surface area contributed by atoms with E-state index in [4.69, 9.17) is 32.4 Å². The predicted molar refractivity (Wildman–Crippen MR) is 382 cm³/mol. The van der Waals surface area contributed by atoms with Gasteiger partial charge in [0, 0.05) is 71.2 Å². The number of nitrogens with zero attached hydrogens (tertiary/aromatic N) is 3. The molecule has 0 aromatic rings. The molecule has 4 rings (SSSR count). The predicted octanol–water partition coefficient (Wildman–Crippen LogP) is 14.4. The fourth-order valence-corrected chi connectivity index (χ4v) is 11.1. The first kappa shape index (κ1) is 105. The summed E-state index contributed by atoms with van der Waals surface area (Å²) in [7, 11) is -6.53. The van der Waals surface area contributed by atoms with Gasteiger partial charge in [0.05, 0.1) is 49.3 Å². The Balaban J connectivity index is -0.000000181. The summed E-state index contributed by atoms with van der Waals surface area (Å²) in [5, 5.41) is 7.66. The van der Waals surface area contributed by atoms with Gasteiger partial charge >= 0.3 is 28.9 Å². The maximum Gasteiger partial charge on any atom is 0.509 e. The molecule has 0 radical (unpaired) electrons. The van der Waals surface area contributed by atoms with Crippen molar-refractivity contribution in [1.82, 2.24) is 9.80 Å². The van der Waals surface area contributed by atoms with Crippen molar-refractivity contribution in [1.29, 1.82) is 5.26 Å². The Morgan fingerprint density at radius 3 is 1.18 bits per heavy atom. The number of sulfone groups is 2. The van der Waals surface area contributed by atoms with Crippen molar-refractivity contribution in [2.24, 2.45) is 41.4 Å². The number of cyclic esters (lactones) is 4.